The Bertz CT molecular complexity index is 194. The first-order valence-corrected chi connectivity index (χ1v) is 2.49. The molecule has 0 bridgehead atoms. The van der Waals surface area contributed by atoms with Crippen molar-refractivity contribution in [2.24, 2.45) is 0 Å². The predicted molar refractivity (Wildman–Crippen MR) is 36.2 cm³/mol. The molecule has 10 heavy (non-hydrogen) atoms. The van der Waals surface area contributed by atoms with Crippen LogP contribution >= 0.6 is 0 Å². The van der Waals surface area contributed by atoms with Crippen LogP contribution in [0, 0.1) is 0 Å². The Morgan fingerprint density at radius 3 is 2.20 bits per heavy atom. The van der Waals surface area contributed by atoms with Gasteiger partial charge in [0, 0.05) is 0 Å². The second-order valence-corrected chi connectivity index (χ2v) is 1.54. The second-order valence-electron chi connectivity index (χ2n) is 1.54. The van der Waals surface area contributed by atoms with Crippen LogP contribution in [0.3, 0.4) is 0 Å². The molecule has 0 saturated heterocycles. The highest BCUT2D eigenvalue weighted by Crippen LogP contribution is 2.10. The molecule has 0 radical (unpaired) electrons. The molecule has 0 atom stereocenters. The maximum Gasteiger partial charge on any atom is 0.174 e. The minimum absolute atomic E-state index is 0.254. The summed E-state index contributed by atoms with van der Waals surface area (Å²) >= 11 is 0. The molecule has 3 heteroatoms. The summed E-state index contributed by atoms with van der Waals surface area (Å²) in [5.74, 6) is -1.80. The molecular weight excluding hydrogens is 135 g/mol. The van der Waals surface area contributed by atoms with Crippen LogP contribution < -0.4 is 0 Å². The van der Waals surface area contributed by atoms with Gasteiger partial charge in [-0.2, -0.15) is 0 Å². The normalized spacial score (nSPS) is 11.7. The van der Waals surface area contributed by atoms with E-state index in [4.69, 9.17) is 5.11 Å². The lowest BCUT2D eigenvalue weighted by Crippen LogP contribution is -1.87. The summed E-state index contributed by atoms with van der Waals surface area (Å²) in [7, 11) is 0. The number of halogens is 1. The lowest BCUT2D eigenvalue weighted by molar-refractivity contribution is -0.104. The van der Waals surface area contributed by atoms with Gasteiger partial charge in [-0.3, -0.25) is 4.79 Å². The second kappa shape index (κ2) is 3.61. The fourth-order valence-corrected chi connectivity index (χ4v) is 0.356. The molecule has 0 aromatic carbocycles. The van der Waals surface area contributed by atoms with E-state index in [1.54, 1.807) is 0 Å². The van der Waals surface area contributed by atoms with Gasteiger partial charge in [0.15, 0.2) is 12.1 Å². The minimum Gasteiger partial charge on any atom is -0.505 e. The van der Waals surface area contributed by atoms with E-state index in [9.17, 15) is 9.18 Å². The zero-order valence-corrected chi connectivity index (χ0v) is 5.30. The number of hydrogen-bond acceptors (Lipinski definition) is 2. The Labute approximate surface area is 58.0 Å². The number of aldehydes is 1. The monoisotopic (exact) mass is 142 g/mol. The van der Waals surface area contributed by atoms with E-state index in [2.05, 4.69) is 13.2 Å². The maximum absolute atomic E-state index is 12.4. The highest BCUT2D eigenvalue weighted by atomic mass is 19.1. The average molecular weight is 142 g/mol. The summed E-state index contributed by atoms with van der Waals surface area (Å²) in [6.07, 6.45) is 1.26. The Hall–Kier alpha value is -1.38. The van der Waals surface area contributed by atoms with Crippen LogP contribution in [0.4, 0.5) is 4.39 Å². The highest BCUT2D eigenvalue weighted by Gasteiger charge is 2.03. The van der Waals surface area contributed by atoms with Crippen LogP contribution in [-0.2, 0) is 4.79 Å². The number of carbonyl (C=O) groups excluding carboxylic acids is 1. The molecule has 0 aliphatic heterocycles. The van der Waals surface area contributed by atoms with Crippen molar-refractivity contribution in [1.29, 1.82) is 0 Å². The first-order chi connectivity index (χ1) is 4.63. The summed E-state index contributed by atoms with van der Waals surface area (Å²) in [5.41, 5.74) is -0.299. The fourth-order valence-electron chi connectivity index (χ4n) is 0.356. The molecule has 0 saturated carbocycles. The lowest BCUT2D eigenvalue weighted by Gasteiger charge is -1.93. The summed E-state index contributed by atoms with van der Waals surface area (Å²) in [6.45, 7) is 6.04. The van der Waals surface area contributed by atoms with E-state index < -0.39 is 11.6 Å². The van der Waals surface area contributed by atoms with Crippen LogP contribution in [0.1, 0.15) is 0 Å². The van der Waals surface area contributed by atoms with E-state index in [1.165, 1.54) is 0 Å². The molecule has 2 nitrogen and oxygen atoms in total. The predicted octanol–water partition coefficient (Wildman–Crippen LogP) is 1.67. The Morgan fingerprint density at radius 2 is 2.10 bits per heavy atom. The number of allylic oxidation sites excluding steroid dienone is 3. The van der Waals surface area contributed by atoms with Crippen LogP contribution in [0.15, 0.2) is 36.4 Å². The van der Waals surface area contributed by atoms with Gasteiger partial charge in [-0.15, -0.1) is 0 Å². The zero-order valence-electron chi connectivity index (χ0n) is 5.30. The highest BCUT2D eigenvalue weighted by molar-refractivity contribution is 5.78. The van der Waals surface area contributed by atoms with Crippen molar-refractivity contribution in [3.05, 3.63) is 36.4 Å². The summed E-state index contributed by atoms with van der Waals surface area (Å²) in [4.78, 5) is 9.96. The van der Waals surface area contributed by atoms with Crippen LogP contribution in [0.25, 0.3) is 0 Å². The van der Waals surface area contributed by atoms with Crippen molar-refractivity contribution in [3.8, 4) is 0 Å². The zero-order chi connectivity index (χ0) is 8.15. The molecule has 0 rings (SSSR count). The van der Waals surface area contributed by atoms with Crippen molar-refractivity contribution < 1.29 is 14.3 Å². The number of carbonyl (C=O) groups is 1. The van der Waals surface area contributed by atoms with E-state index in [1.807, 2.05) is 0 Å². The van der Waals surface area contributed by atoms with Crippen molar-refractivity contribution >= 4 is 6.29 Å². The number of aliphatic hydroxyl groups excluding tert-OH is 1. The van der Waals surface area contributed by atoms with Gasteiger partial charge in [0.05, 0.1) is 5.57 Å². The largest absolute Gasteiger partial charge is 0.505 e. The average Bonchev–Trinajstić information content (AvgIpc) is 1.90. The summed E-state index contributed by atoms with van der Waals surface area (Å²) in [6, 6.07) is 0. The molecule has 0 heterocycles. The van der Waals surface area contributed by atoms with Crippen molar-refractivity contribution in [3.63, 3.8) is 0 Å². The molecular formula is C7H7FO2. The van der Waals surface area contributed by atoms with Crippen LogP contribution in [-0.4, -0.2) is 11.4 Å². The van der Waals surface area contributed by atoms with E-state index in [0.717, 1.165) is 6.08 Å². The third kappa shape index (κ3) is 1.85. The molecule has 0 aromatic heterocycles. The van der Waals surface area contributed by atoms with E-state index in [-0.39, 0.29) is 11.9 Å². The van der Waals surface area contributed by atoms with Crippen LogP contribution in [0.2, 0.25) is 0 Å². The van der Waals surface area contributed by atoms with Gasteiger partial charge in [0.2, 0.25) is 0 Å². The smallest absolute Gasteiger partial charge is 0.174 e. The molecule has 0 spiro atoms. The van der Waals surface area contributed by atoms with E-state index >= 15 is 0 Å². The molecule has 0 aliphatic carbocycles. The standard InChI is InChI=1S/C7H7FO2/c1-3-6(4-9)7(8)5(2)10/h3-4,10H,1-2H2/b7-6-. The van der Waals surface area contributed by atoms with Gasteiger partial charge in [0.25, 0.3) is 0 Å². The minimum atomic E-state index is -1.04. The number of hydrogen-bond donors (Lipinski definition) is 1. The van der Waals surface area contributed by atoms with Crippen molar-refractivity contribution in [1.82, 2.24) is 0 Å². The third-order valence-electron chi connectivity index (χ3n) is 0.854. The van der Waals surface area contributed by atoms with Gasteiger partial charge in [0.1, 0.15) is 5.76 Å². The first-order valence-electron chi connectivity index (χ1n) is 2.49. The Kier molecular flexibility index (Phi) is 3.11. The first kappa shape index (κ1) is 8.62. The van der Waals surface area contributed by atoms with Gasteiger partial charge < -0.3 is 5.11 Å². The Morgan fingerprint density at radius 1 is 1.60 bits per heavy atom. The fraction of sp³-hybridized carbons (Fsp3) is 0. The maximum atomic E-state index is 12.4. The molecule has 0 aliphatic rings. The molecule has 1 N–H and O–H groups in total. The third-order valence-corrected chi connectivity index (χ3v) is 0.854. The molecule has 0 aromatic rings. The van der Waals surface area contributed by atoms with E-state index in [0.29, 0.717) is 0 Å². The summed E-state index contributed by atoms with van der Waals surface area (Å²) in [5, 5.41) is 8.42. The Balaban J connectivity index is 4.76. The molecule has 54 valence electrons. The van der Waals surface area contributed by atoms with Crippen molar-refractivity contribution in [2.45, 2.75) is 0 Å². The number of rotatable bonds is 3. The quantitative estimate of drug-likeness (QED) is 0.281. The van der Waals surface area contributed by atoms with Gasteiger partial charge in [-0.25, -0.2) is 4.39 Å². The van der Waals surface area contributed by atoms with Crippen LogP contribution in [0.5, 0.6) is 0 Å². The van der Waals surface area contributed by atoms with Gasteiger partial charge in [-0.1, -0.05) is 19.2 Å². The van der Waals surface area contributed by atoms with Crippen molar-refractivity contribution in [2.75, 3.05) is 0 Å². The summed E-state index contributed by atoms with van der Waals surface area (Å²) < 4.78 is 12.4. The van der Waals surface area contributed by atoms with Gasteiger partial charge in [-0.05, 0) is 0 Å². The molecule has 0 fully saturated rings. The number of aliphatic hydroxyl groups is 1. The molecule has 0 unspecified atom stereocenters. The lowest BCUT2D eigenvalue weighted by atomic mass is 10.2. The van der Waals surface area contributed by atoms with Gasteiger partial charge >= 0.3 is 0 Å². The topological polar surface area (TPSA) is 37.3 Å². The molecule has 0 amide bonds. The SMILES string of the molecule is C=C/C(C=O)=C(/F)C(=C)O.